The van der Waals surface area contributed by atoms with Crippen molar-refractivity contribution in [1.82, 2.24) is 10.3 Å². The highest BCUT2D eigenvalue weighted by Crippen LogP contribution is 2.39. The maximum atomic E-state index is 11.9. The minimum absolute atomic E-state index is 0.0678. The van der Waals surface area contributed by atoms with Gasteiger partial charge in [-0.15, -0.1) is 0 Å². The topological polar surface area (TPSA) is 99.3 Å². The molecule has 0 aliphatic heterocycles. The fraction of sp³-hybridized carbons (Fsp3) is 0.417. The van der Waals surface area contributed by atoms with Gasteiger partial charge in [-0.05, 0) is 25.7 Å². The van der Waals surface area contributed by atoms with Crippen LogP contribution in [0.15, 0.2) is 23.3 Å². The second kappa shape index (κ2) is 4.29. The number of amides is 1. The van der Waals surface area contributed by atoms with E-state index in [1.165, 1.54) is 25.4 Å². The van der Waals surface area contributed by atoms with Gasteiger partial charge in [0.2, 0.25) is 0 Å². The minimum Gasteiger partial charge on any atom is -0.480 e. The molecule has 0 spiro atoms. The van der Waals surface area contributed by atoms with Crippen LogP contribution in [0.5, 0.6) is 0 Å². The lowest BCUT2D eigenvalue weighted by molar-refractivity contribution is -0.144. The van der Waals surface area contributed by atoms with Gasteiger partial charge in [0.1, 0.15) is 11.1 Å². The van der Waals surface area contributed by atoms with Gasteiger partial charge in [-0.2, -0.15) is 0 Å². The number of aliphatic carboxylic acids is 1. The molecular formula is C12H14N2O4. The second-order valence-electron chi connectivity index (χ2n) is 4.66. The summed E-state index contributed by atoms with van der Waals surface area (Å²) >= 11 is 0. The zero-order valence-corrected chi connectivity index (χ0v) is 9.90. The Morgan fingerprint density at radius 2 is 2.17 bits per heavy atom. The van der Waals surface area contributed by atoms with Crippen molar-refractivity contribution in [3.63, 3.8) is 0 Å². The van der Waals surface area contributed by atoms with Gasteiger partial charge in [0.05, 0.1) is 0 Å². The fourth-order valence-corrected chi connectivity index (χ4v) is 1.89. The van der Waals surface area contributed by atoms with Crippen molar-refractivity contribution >= 4 is 11.9 Å². The predicted molar refractivity (Wildman–Crippen MR) is 63.3 cm³/mol. The molecule has 96 valence electrons. The predicted octanol–water partition coefficient (Wildman–Crippen LogP) is 0.358. The van der Waals surface area contributed by atoms with Crippen molar-refractivity contribution in [2.75, 3.05) is 0 Å². The van der Waals surface area contributed by atoms with Crippen molar-refractivity contribution in [2.45, 2.75) is 25.3 Å². The average Bonchev–Trinajstić information content (AvgIpc) is 3.13. The number of nitrogens with one attached hydrogen (secondary N) is 2. The molecule has 1 aromatic heterocycles. The highest BCUT2D eigenvalue weighted by atomic mass is 16.4. The number of aromatic amines is 1. The molecule has 0 aromatic carbocycles. The van der Waals surface area contributed by atoms with E-state index in [2.05, 4.69) is 10.3 Å². The van der Waals surface area contributed by atoms with Gasteiger partial charge in [-0.1, -0.05) is 0 Å². The molecule has 0 saturated heterocycles. The Bertz CT molecular complexity index is 547. The first-order chi connectivity index (χ1) is 8.45. The quantitative estimate of drug-likeness (QED) is 0.718. The van der Waals surface area contributed by atoms with Gasteiger partial charge in [0, 0.05) is 18.5 Å². The summed E-state index contributed by atoms with van der Waals surface area (Å²) in [6, 6.07) is 1.23. The smallest absolute Gasteiger partial charge is 0.329 e. The molecule has 1 aromatic rings. The summed E-state index contributed by atoms with van der Waals surface area (Å²) in [6.45, 7) is 1.47. The third kappa shape index (κ3) is 2.13. The number of hydrogen-bond acceptors (Lipinski definition) is 3. The van der Waals surface area contributed by atoms with Crippen molar-refractivity contribution in [3.05, 3.63) is 34.2 Å². The van der Waals surface area contributed by atoms with Gasteiger partial charge < -0.3 is 15.4 Å². The van der Waals surface area contributed by atoms with E-state index in [-0.39, 0.29) is 11.5 Å². The van der Waals surface area contributed by atoms with E-state index in [9.17, 15) is 19.5 Å². The van der Waals surface area contributed by atoms with Crippen LogP contribution in [0, 0.1) is 5.92 Å². The molecule has 1 atom stereocenters. The summed E-state index contributed by atoms with van der Waals surface area (Å²) in [6.07, 6.45) is 4.23. The van der Waals surface area contributed by atoms with E-state index >= 15 is 0 Å². The number of aromatic nitrogens is 1. The van der Waals surface area contributed by atoms with Crippen LogP contribution in [0.2, 0.25) is 0 Å². The zero-order valence-electron chi connectivity index (χ0n) is 9.90. The lowest BCUT2D eigenvalue weighted by Crippen LogP contribution is -2.54. The summed E-state index contributed by atoms with van der Waals surface area (Å²) in [5.74, 6) is -1.80. The standard InChI is InChI=1S/C12H14N2O4/c1-12(11(17)18,7-2-3-7)14-10(16)8-6-13-5-4-9(8)15/h4-7H,2-3H2,1H3,(H,13,15)(H,14,16)(H,17,18). The van der Waals surface area contributed by atoms with Gasteiger partial charge in [0.25, 0.3) is 5.91 Å². The van der Waals surface area contributed by atoms with Crippen LogP contribution >= 0.6 is 0 Å². The molecule has 2 rings (SSSR count). The van der Waals surface area contributed by atoms with Crippen LogP contribution in [0.3, 0.4) is 0 Å². The van der Waals surface area contributed by atoms with Crippen LogP contribution in [0.4, 0.5) is 0 Å². The molecule has 0 radical (unpaired) electrons. The first-order valence-corrected chi connectivity index (χ1v) is 5.68. The molecule has 1 saturated carbocycles. The van der Waals surface area contributed by atoms with Crippen LogP contribution in [-0.2, 0) is 4.79 Å². The van der Waals surface area contributed by atoms with E-state index in [1.54, 1.807) is 0 Å². The third-order valence-corrected chi connectivity index (χ3v) is 3.28. The SMILES string of the molecule is CC(NC(=O)c1c[nH]ccc1=O)(C(=O)O)C1CC1. The van der Waals surface area contributed by atoms with Crippen LogP contribution in [0.1, 0.15) is 30.1 Å². The Kier molecular flexibility index (Phi) is 2.94. The fourth-order valence-electron chi connectivity index (χ4n) is 1.89. The van der Waals surface area contributed by atoms with E-state index < -0.39 is 22.8 Å². The van der Waals surface area contributed by atoms with Crippen molar-refractivity contribution in [3.8, 4) is 0 Å². The summed E-state index contributed by atoms with van der Waals surface area (Å²) in [4.78, 5) is 37.3. The maximum absolute atomic E-state index is 11.9. The van der Waals surface area contributed by atoms with Gasteiger partial charge >= 0.3 is 5.97 Å². The lowest BCUT2D eigenvalue weighted by atomic mass is 9.95. The van der Waals surface area contributed by atoms with Crippen LogP contribution in [0.25, 0.3) is 0 Å². The van der Waals surface area contributed by atoms with Crippen molar-refractivity contribution in [1.29, 1.82) is 0 Å². The number of H-pyrrole nitrogens is 1. The molecule has 1 aliphatic rings. The summed E-state index contributed by atoms with van der Waals surface area (Å²) in [5.41, 5.74) is -1.82. The summed E-state index contributed by atoms with van der Waals surface area (Å²) < 4.78 is 0. The molecule has 1 heterocycles. The van der Waals surface area contributed by atoms with E-state index in [1.807, 2.05) is 0 Å². The second-order valence-corrected chi connectivity index (χ2v) is 4.66. The zero-order chi connectivity index (χ0) is 13.3. The van der Waals surface area contributed by atoms with Gasteiger partial charge in [-0.3, -0.25) is 9.59 Å². The first kappa shape index (κ1) is 12.3. The molecule has 6 nitrogen and oxygen atoms in total. The van der Waals surface area contributed by atoms with Gasteiger partial charge in [-0.25, -0.2) is 4.79 Å². The Hall–Kier alpha value is -2.11. The maximum Gasteiger partial charge on any atom is 0.329 e. The van der Waals surface area contributed by atoms with Crippen LogP contribution < -0.4 is 10.7 Å². The Balaban J connectivity index is 2.23. The Morgan fingerprint density at radius 3 is 2.67 bits per heavy atom. The van der Waals surface area contributed by atoms with E-state index in [0.717, 1.165) is 12.8 Å². The summed E-state index contributed by atoms with van der Waals surface area (Å²) in [5, 5.41) is 11.7. The van der Waals surface area contributed by atoms with Crippen molar-refractivity contribution < 1.29 is 14.7 Å². The number of carboxylic acid groups (broad SMARTS) is 1. The number of carboxylic acids is 1. The largest absolute Gasteiger partial charge is 0.480 e. The molecule has 1 unspecified atom stereocenters. The molecule has 1 amide bonds. The number of carbonyl (C=O) groups is 2. The molecule has 18 heavy (non-hydrogen) atoms. The van der Waals surface area contributed by atoms with E-state index in [0.29, 0.717) is 0 Å². The number of carbonyl (C=O) groups excluding carboxylic acids is 1. The van der Waals surface area contributed by atoms with Crippen molar-refractivity contribution in [2.24, 2.45) is 5.92 Å². The molecular weight excluding hydrogens is 236 g/mol. The van der Waals surface area contributed by atoms with Crippen LogP contribution in [-0.4, -0.2) is 27.5 Å². The number of pyridine rings is 1. The third-order valence-electron chi connectivity index (χ3n) is 3.28. The highest BCUT2D eigenvalue weighted by molar-refractivity contribution is 5.97. The molecule has 0 bridgehead atoms. The number of rotatable bonds is 4. The Labute approximate surface area is 103 Å². The monoisotopic (exact) mass is 250 g/mol. The normalized spacial score (nSPS) is 17.8. The molecule has 1 fully saturated rings. The van der Waals surface area contributed by atoms with Gasteiger partial charge in [0.15, 0.2) is 5.43 Å². The highest BCUT2D eigenvalue weighted by Gasteiger charge is 2.48. The first-order valence-electron chi connectivity index (χ1n) is 5.68. The molecule has 1 aliphatic carbocycles. The molecule has 6 heteroatoms. The molecule has 3 N–H and O–H groups in total. The number of hydrogen-bond donors (Lipinski definition) is 3. The Morgan fingerprint density at radius 1 is 1.50 bits per heavy atom. The minimum atomic E-state index is -1.31. The lowest BCUT2D eigenvalue weighted by Gasteiger charge is -2.25. The summed E-state index contributed by atoms with van der Waals surface area (Å²) in [7, 11) is 0. The average molecular weight is 250 g/mol. The van der Waals surface area contributed by atoms with E-state index in [4.69, 9.17) is 0 Å².